The molecule has 1 saturated carbocycles. The Hall–Kier alpha value is -2.80. The molecule has 2 fully saturated rings. The van der Waals surface area contributed by atoms with Gasteiger partial charge in [-0.3, -0.25) is 19.3 Å². The third kappa shape index (κ3) is 5.46. The van der Waals surface area contributed by atoms with Crippen LogP contribution in [0.2, 0.25) is 0 Å². The average molecular weight is 550 g/mol. The van der Waals surface area contributed by atoms with Crippen LogP contribution < -0.4 is 0 Å². The van der Waals surface area contributed by atoms with E-state index < -0.39 is 52.6 Å². The fraction of sp³-hybridized carbons (Fsp3) is 0.348. The number of carbonyl (C=O) groups is 3. The average Bonchev–Trinajstić information content (AvgIpc) is 3.36. The van der Waals surface area contributed by atoms with Crippen LogP contribution in [0.4, 0.5) is 31.1 Å². The molecule has 0 bridgehead atoms. The van der Waals surface area contributed by atoms with Gasteiger partial charge < -0.3 is 5.11 Å². The number of hydrogen-bond acceptors (Lipinski definition) is 5. The molecule has 13 heteroatoms. The number of aliphatic carboxylic acids is 1. The smallest absolute Gasteiger partial charge is 0.416 e. The van der Waals surface area contributed by atoms with Crippen molar-refractivity contribution in [3.8, 4) is 11.1 Å². The Morgan fingerprint density at radius 1 is 0.917 bits per heavy atom. The molecule has 5 nitrogen and oxygen atoms in total. The first-order chi connectivity index (χ1) is 16.7. The van der Waals surface area contributed by atoms with Crippen molar-refractivity contribution in [3.63, 3.8) is 0 Å². The molecule has 1 saturated heterocycles. The lowest BCUT2D eigenvalue weighted by Crippen LogP contribution is -2.41. The maximum Gasteiger partial charge on any atom is 0.416 e. The van der Waals surface area contributed by atoms with Gasteiger partial charge in [-0.25, -0.2) is 0 Å². The van der Waals surface area contributed by atoms with Crippen LogP contribution in [0, 0.1) is 5.92 Å². The highest BCUT2D eigenvalue weighted by Crippen LogP contribution is 2.41. The summed E-state index contributed by atoms with van der Waals surface area (Å²) >= 11 is 1.69. The topological polar surface area (TPSA) is 74.7 Å². The number of imide groups is 1. The molecule has 2 aromatic rings. The van der Waals surface area contributed by atoms with Gasteiger partial charge in [0.2, 0.25) is 0 Å². The van der Waals surface area contributed by atoms with Crippen molar-refractivity contribution < 1.29 is 45.8 Å². The first-order valence-electron chi connectivity index (χ1n) is 10.6. The monoisotopic (exact) mass is 549 g/mol. The number of halogens is 6. The molecule has 0 radical (unpaired) electrons. The van der Waals surface area contributed by atoms with Crippen LogP contribution in [0.5, 0.6) is 0 Å². The minimum absolute atomic E-state index is 0.0523. The van der Waals surface area contributed by atoms with E-state index in [1.165, 1.54) is 17.5 Å². The number of hydrogen-bond donors (Lipinski definition) is 1. The summed E-state index contributed by atoms with van der Waals surface area (Å²) in [6, 6.07) is 2.23. The van der Waals surface area contributed by atoms with Crippen LogP contribution in [0.25, 0.3) is 17.2 Å². The van der Waals surface area contributed by atoms with Crippen molar-refractivity contribution in [2.75, 3.05) is 0 Å². The molecule has 1 aromatic heterocycles. The third-order valence-electron chi connectivity index (χ3n) is 6.05. The van der Waals surface area contributed by atoms with E-state index in [0.717, 1.165) is 16.2 Å². The van der Waals surface area contributed by atoms with Crippen LogP contribution in [0.15, 0.2) is 34.6 Å². The van der Waals surface area contributed by atoms with Gasteiger partial charge in [0.25, 0.3) is 11.1 Å². The number of carboxylic acid groups (broad SMARTS) is 1. The van der Waals surface area contributed by atoms with E-state index in [4.69, 9.17) is 5.11 Å². The molecular weight excluding hydrogens is 532 g/mol. The first kappa shape index (κ1) is 26.3. The summed E-state index contributed by atoms with van der Waals surface area (Å²) in [6.45, 7) is 0. The molecule has 2 heterocycles. The zero-order chi connectivity index (χ0) is 26.4. The van der Waals surface area contributed by atoms with Crippen molar-refractivity contribution >= 4 is 46.3 Å². The van der Waals surface area contributed by atoms with E-state index in [1.54, 1.807) is 0 Å². The molecule has 1 aromatic carbocycles. The summed E-state index contributed by atoms with van der Waals surface area (Å²) in [5.74, 6) is -1.99. The molecule has 0 unspecified atom stereocenters. The van der Waals surface area contributed by atoms with Crippen LogP contribution >= 0.6 is 23.1 Å². The Kier molecular flexibility index (Phi) is 6.99. The van der Waals surface area contributed by atoms with Crippen LogP contribution in [0.1, 0.15) is 41.7 Å². The van der Waals surface area contributed by atoms with Crippen LogP contribution in [0.3, 0.4) is 0 Å². The van der Waals surface area contributed by atoms with Gasteiger partial charge in [-0.1, -0.05) is 0 Å². The minimum atomic E-state index is -4.98. The zero-order valence-electron chi connectivity index (χ0n) is 18.2. The lowest BCUT2D eigenvalue weighted by molar-refractivity contribution is -0.144. The number of thioether (sulfide) groups is 1. The maximum absolute atomic E-state index is 13.2. The van der Waals surface area contributed by atoms with Gasteiger partial charge in [0.15, 0.2) is 0 Å². The highest BCUT2D eigenvalue weighted by atomic mass is 32.2. The van der Waals surface area contributed by atoms with Crippen molar-refractivity contribution in [2.45, 2.75) is 44.1 Å². The molecule has 2 aliphatic rings. The summed E-state index contributed by atoms with van der Waals surface area (Å²) in [4.78, 5) is 38.1. The standard InChI is InChI=1S/C23H17F6NO4S2/c24-22(25,26)14-5-12(6-15(8-14)23(27,28)29)13-7-17(35-10-13)9-18-19(31)30(21(34)36-18)16-3-1-11(2-4-16)20(32)33/h5-11,16H,1-4H2,(H,32,33). The van der Waals surface area contributed by atoms with Crippen molar-refractivity contribution in [3.05, 3.63) is 50.6 Å². The number of nitrogens with zero attached hydrogens (tertiary/aromatic N) is 1. The maximum atomic E-state index is 13.2. The van der Waals surface area contributed by atoms with Crippen molar-refractivity contribution in [2.24, 2.45) is 5.92 Å². The summed E-state index contributed by atoms with van der Waals surface area (Å²) in [6.07, 6.45) is -7.17. The summed E-state index contributed by atoms with van der Waals surface area (Å²) in [5.41, 5.74) is -3.04. The van der Waals surface area contributed by atoms with Gasteiger partial charge in [-0.15, -0.1) is 11.3 Å². The number of rotatable bonds is 4. The van der Waals surface area contributed by atoms with Crippen molar-refractivity contribution in [1.29, 1.82) is 0 Å². The Bertz CT molecular complexity index is 1210. The van der Waals surface area contributed by atoms with E-state index in [9.17, 15) is 40.7 Å². The zero-order valence-corrected chi connectivity index (χ0v) is 19.8. The lowest BCUT2D eigenvalue weighted by Gasteiger charge is -2.31. The van der Waals surface area contributed by atoms with E-state index in [-0.39, 0.29) is 22.1 Å². The van der Waals surface area contributed by atoms with Gasteiger partial charge in [0, 0.05) is 10.9 Å². The first-order valence-corrected chi connectivity index (χ1v) is 12.3. The highest BCUT2D eigenvalue weighted by molar-refractivity contribution is 8.18. The molecule has 1 aliphatic carbocycles. The van der Waals surface area contributed by atoms with Gasteiger partial charge in [0.1, 0.15) is 0 Å². The number of benzene rings is 1. The molecule has 0 spiro atoms. The van der Waals surface area contributed by atoms with E-state index in [2.05, 4.69) is 0 Å². The Balaban J connectivity index is 1.57. The number of amides is 2. The van der Waals surface area contributed by atoms with Gasteiger partial charge in [-0.2, -0.15) is 26.3 Å². The van der Waals surface area contributed by atoms with Crippen molar-refractivity contribution in [1.82, 2.24) is 4.90 Å². The molecule has 0 atom stereocenters. The summed E-state index contributed by atoms with van der Waals surface area (Å²) < 4.78 is 79.1. The molecule has 1 aliphatic heterocycles. The number of carboxylic acids is 1. The predicted octanol–water partition coefficient (Wildman–Crippen LogP) is 7.13. The second-order valence-electron chi connectivity index (χ2n) is 8.43. The quantitative estimate of drug-likeness (QED) is 0.324. The molecule has 1 N–H and O–H groups in total. The summed E-state index contributed by atoms with van der Waals surface area (Å²) in [5, 5.41) is 9.99. The molecular formula is C23H17F6NO4S2. The second kappa shape index (κ2) is 9.58. The fourth-order valence-electron chi connectivity index (χ4n) is 4.21. The largest absolute Gasteiger partial charge is 0.481 e. The number of alkyl halides is 6. The second-order valence-corrected chi connectivity index (χ2v) is 10.4. The van der Waals surface area contributed by atoms with Gasteiger partial charge in [-0.05, 0) is 84.3 Å². The minimum Gasteiger partial charge on any atom is -0.481 e. The SMILES string of the molecule is O=C(O)C1CCC(N2C(=O)SC(=Cc3cc(-c4cc(C(F)(F)F)cc(C(F)(F)F)c4)cs3)C2=O)CC1. The third-order valence-corrected chi connectivity index (χ3v) is 7.81. The van der Waals surface area contributed by atoms with Gasteiger partial charge >= 0.3 is 18.3 Å². The molecule has 192 valence electrons. The van der Waals surface area contributed by atoms with E-state index >= 15 is 0 Å². The molecule has 36 heavy (non-hydrogen) atoms. The van der Waals surface area contributed by atoms with Crippen LogP contribution in [-0.2, 0) is 21.9 Å². The predicted molar refractivity (Wildman–Crippen MR) is 121 cm³/mol. The van der Waals surface area contributed by atoms with E-state index in [0.29, 0.717) is 54.5 Å². The lowest BCUT2D eigenvalue weighted by atomic mass is 9.85. The Morgan fingerprint density at radius 2 is 1.50 bits per heavy atom. The molecule has 2 amide bonds. The summed E-state index contributed by atoms with van der Waals surface area (Å²) in [7, 11) is 0. The Labute approximate surface area is 208 Å². The van der Waals surface area contributed by atoms with Crippen LogP contribution in [-0.4, -0.2) is 33.2 Å². The Morgan fingerprint density at radius 3 is 2.03 bits per heavy atom. The highest BCUT2D eigenvalue weighted by Gasteiger charge is 2.42. The van der Waals surface area contributed by atoms with Gasteiger partial charge in [0.05, 0.1) is 21.9 Å². The number of thiophene rings is 1. The number of carbonyl (C=O) groups excluding carboxylic acids is 2. The van der Waals surface area contributed by atoms with E-state index in [1.807, 2.05) is 0 Å². The molecule has 4 rings (SSSR count). The fourth-order valence-corrected chi connectivity index (χ4v) is 6.02. The normalized spacial score (nSPS) is 22.5.